The summed E-state index contributed by atoms with van der Waals surface area (Å²) in [4.78, 5) is 8.93. The number of rotatable bonds is 6. The maximum atomic E-state index is 9.20. The molecule has 0 radical (unpaired) electrons. The molecule has 2 aromatic heterocycles. The van der Waals surface area contributed by atoms with Crippen LogP contribution in [0, 0.1) is 0 Å². The molecule has 0 saturated heterocycles. The number of ether oxygens (including phenoxy) is 1. The number of aromatic nitrogens is 3. The Morgan fingerprint density at radius 1 is 1.04 bits per heavy atom. The van der Waals surface area contributed by atoms with Crippen molar-refractivity contribution in [3.8, 4) is 22.6 Å². The number of aliphatic hydroxyl groups is 1. The molecule has 2 N–H and O–H groups in total. The lowest BCUT2D eigenvalue weighted by Gasteiger charge is -2.08. The first-order valence-corrected chi connectivity index (χ1v) is 8.72. The normalized spacial score (nSPS) is 10.9. The van der Waals surface area contributed by atoms with Crippen LogP contribution in [0.3, 0.4) is 0 Å². The van der Waals surface area contributed by atoms with Crippen LogP contribution >= 0.6 is 0 Å². The Hall–Kier alpha value is -3.38. The van der Waals surface area contributed by atoms with E-state index in [4.69, 9.17) is 4.74 Å². The van der Waals surface area contributed by atoms with Gasteiger partial charge in [0, 0.05) is 24.0 Å². The van der Waals surface area contributed by atoms with Gasteiger partial charge in [-0.3, -0.25) is 0 Å². The van der Waals surface area contributed by atoms with E-state index in [1.165, 1.54) is 6.33 Å². The minimum Gasteiger partial charge on any atom is -0.497 e. The highest BCUT2D eigenvalue weighted by molar-refractivity contribution is 6.02. The van der Waals surface area contributed by atoms with Crippen molar-refractivity contribution in [2.75, 3.05) is 25.6 Å². The molecule has 6 nitrogen and oxygen atoms in total. The molecule has 0 fully saturated rings. The van der Waals surface area contributed by atoms with Gasteiger partial charge in [0.1, 0.15) is 17.9 Å². The lowest BCUT2D eigenvalue weighted by atomic mass is 10.1. The Kier molecular flexibility index (Phi) is 4.72. The predicted molar refractivity (Wildman–Crippen MR) is 106 cm³/mol. The Bertz CT molecular complexity index is 1040. The van der Waals surface area contributed by atoms with Crippen LogP contribution < -0.4 is 10.1 Å². The van der Waals surface area contributed by atoms with Crippen LogP contribution in [0.2, 0.25) is 0 Å². The van der Waals surface area contributed by atoms with Crippen LogP contribution in [0.25, 0.3) is 27.8 Å². The highest BCUT2D eigenvalue weighted by Crippen LogP contribution is 2.35. The molecule has 2 heterocycles. The molecule has 0 saturated carbocycles. The molecule has 0 aliphatic carbocycles. The second kappa shape index (κ2) is 7.47. The average Bonchev–Trinajstić information content (AvgIpc) is 3.13. The molecule has 0 atom stereocenters. The zero-order valence-corrected chi connectivity index (χ0v) is 15.0. The SMILES string of the molecule is COc1ccc(-n2cc(-c3ccccc3)c3c(NCCO)ncnc32)cc1. The Labute approximate surface area is 157 Å². The quantitative estimate of drug-likeness (QED) is 0.551. The van der Waals surface area contributed by atoms with Crippen molar-refractivity contribution in [2.24, 2.45) is 0 Å². The number of methoxy groups -OCH3 is 1. The van der Waals surface area contributed by atoms with E-state index >= 15 is 0 Å². The number of hydrogen-bond donors (Lipinski definition) is 2. The smallest absolute Gasteiger partial charge is 0.150 e. The van der Waals surface area contributed by atoms with Gasteiger partial charge >= 0.3 is 0 Å². The minimum absolute atomic E-state index is 0.0331. The average molecular weight is 360 g/mol. The van der Waals surface area contributed by atoms with E-state index in [2.05, 4.69) is 33.6 Å². The third-order valence-electron chi connectivity index (χ3n) is 4.42. The molecule has 6 heteroatoms. The van der Waals surface area contributed by atoms with E-state index in [0.717, 1.165) is 33.6 Å². The summed E-state index contributed by atoms with van der Waals surface area (Å²) in [5, 5.41) is 13.3. The molecule has 4 aromatic rings. The molecule has 4 rings (SSSR count). The monoisotopic (exact) mass is 360 g/mol. The second-order valence-corrected chi connectivity index (χ2v) is 6.05. The zero-order valence-electron chi connectivity index (χ0n) is 15.0. The van der Waals surface area contributed by atoms with Gasteiger partial charge in [-0.15, -0.1) is 0 Å². The maximum Gasteiger partial charge on any atom is 0.150 e. The van der Waals surface area contributed by atoms with E-state index in [9.17, 15) is 5.11 Å². The highest BCUT2D eigenvalue weighted by atomic mass is 16.5. The van der Waals surface area contributed by atoms with Gasteiger partial charge in [0.25, 0.3) is 0 Å². The first-order valence-electron chi connectivity index (χ1n) is 8.72. The number of anilines is 1. The van der Waals surface area contributed by atoms with Crippen LogP contribution in [-0.4, -0.2) is 39.9 Å². The Morgan fingerprint density at radius 3 is 2.52 bits per heavy atom. The summed E-state index contributed by atoms with van der Waals surface area (Å²) in [6.07, 6.45) is 3.61. The third-order valence-corrected chi connectivity index (χ3v) is 4.42. The molecule has 0 aliphatic rings. The first-order chi connectivity index (χ1) is 13.3. The van der Waals surface area contributed by atoms with E-state index < -0.39 is 0 Å². The van der Waals surface area contributed by atoms with Gasteiger partial charge in [0.2, 0.25) is 0 Å². The van der Waals surface area contributed by atoms with Crippen molar-refractivity contribution in [2.45, 2.75) is 0 Å². The molecule has 0 spiro atoms. The number of benzene rings is 2. The van der Waals surface area contributed by atoms with Crippen LogP contribution in [-0.2, 0) is 0 Å². The van der Waals surface area contributed by atoms with Gasteiger partial charge < -0.3 is 19.7 Å². The fraction of sp³-hybridized carbons (Fsp3) is 0.143. The summed E-state index contributed by atoms with van der Waals surface area (Å²) in [7, 11) is 1.65. The fourth-order valence-electron chi connectivity index (χ4n) is 3.15. The molecular weight excluding hydrogens is 340 g/mol. The van der Waals surface area contributed by atoms with Crippen LogP contribution in [0.5, 0.6) is 5.75 Å². The fourth-order valence-corrected chi connectivity index (χ4v) is 3.15. The number of fused-ring (bicyclic) bond motifs is 1. The van der Waals surface area contributed by atoms with Crippen LogP contribution in [0.4, 0.5) is 5.82 Å². The minimum atomic E-state index is 0.0331. The van der Waals surface area contributed by atoms with Gasteiger partial charge in [-0.1, -0.05) is 30.3 Å². The van der Waals surface area contributed by atoms with E-state index in [-0.39, 0.29) is 6.61 Å². The molecule has 0 amide bonds. The van der Waals surface area contributed by atoms with Gasteiger partial charge in [-0.2, -0.15) is 0 Å². The topological polar surface area (TPSA) is 72.2 Å². The van der Waals surface area contributed by atoms with Gasteiger partial charge in [0.05, 0.1) is 19.1 Å². The summed E-state index contributed by atoms with van der Waals surface area (Å²) in [5.74, 6) is 1.51. The van der Waals surface area contributed by atoms with Crippen molar-refractivity contribution in [1.29, 1.82) is 0 Å². The number of nitrogens with one attached hydrogen (secondary N) is 1. The summed E-state index contributed by atoms with van der Waals surface area (Å²) in [6, 6.07) is 18.0. The van der Waals surface area contributed by atoms with Crippen molar-refractivity contribution < 1.29 is 9.84 Å². The molecular formula is C21H20N4O2. The Morgan fingerprint density at radius 2 is 1.81 bits per heavy atom. The highest BCUT2D eigenvalue weighted by Gasteiger charge is 2.17. The van der Waals surface area contributed by atoms with E-state index in [1.54, 1.807) is 7.11 Å². The number of hydrogen-bond acceptors (Lipinski definition) is 5. The van der Waals surface area contributed by atoms with E-state index in [0.29, 0.717) is 12.4 Å². The van der Waals surface area contributed by atoms with E-state index in [1.807, 2.05) is 47.0 Å². The number of aliphatic hydroxyl groups excluding tert-OH is 1. The largest absolute Gasteiger partial charge is 0.497 e. The maximum absolute atomic E-state index is 9.20. The molecule has 136 valence electrons. The predicted octanol–water partition coefficient (Wildman–Crippen LogP) is 3.50. The van der Waals surface area contributed by atoms with Crippen LogP contribution in [0.15, 0.2) is 67.1 Å². The van der Waals surface area contributed by atoms with Crippen molar-refractivity contribution in [1.82, 2.24) is 14.5 Å². The summed E-state index contributed by atoms with van der Waals surface area (Å²) in [5.41, 5.74) is 3.89. The number of nitrogens with zero attached hydrogens (tertiary/aromatic N) is 3. The van der Waals surface area contributed by atoms with Gasteiger partial charge in [-0.25, -0.2) is 9.97 Å². The summed E-state index contributed by atoms with van der Waals surface area (Å²) < 4.78 is 7.31. The van der Waals surface area contributed by atoms with Gasteiger partial charge in [0.15, 0.2) is 5.65 Å². The molecule has 27 heavy (non-hydrogen) atoms. The van der Waals surface area contributed by atoms with Gasteiger partial charge in [-0.05, 0) is 29.8 Å². The standard InChI is InChI=1S/C21H20N4O2/c1-27-17-9-7-16(8-10-17)25-13-18(15-5-3-2-4-6-15)19-20(22-11-12-26)23-14-24-21(19)25/h2-10,13-14,26H,11-12H2,1H3,(H,22,23,24). The van der Waals surface area contributed by atoms with Crippen molar-refractivity contribution in [3.63, 3.8) is 0 Å². The molecule has 0 bridgehead atoms. The van der Waals surface area contributed by atoms with Crippen molar-refractivity contribution >= 4 is 16.9 Å². The lowest BCUT2D eigenvalue weighted by molar-refractivity contribution is 0.311. The third kappa shape index (κ3) is 3.22. The van der Waals surface area contributed by atoms with Crippen molar-refractivity contribution in [3.05, 3.63) is 67.1 Å². The Balaban J connectivity index is 1.94. The summed E-state index contributed by atoms with van der Waals surface area (Å²) in [6.45, 7) is 0.458. The first kappa shape index (κ1) is 17.1. The molecule has 2 aromatic carbocycles. The summed E-state index contributed by atoms with van der Waals surface area (Å²) >= 11 is 0. The second-order valence-electron chi connectivity index (χ2n) is 6.05. The molecule has 0 unspecified atom stereocenters. The van der Waals surface area contributed by atoms with Crippen LogP contribution in [0.1, 0.15) is 0 Å². The molecule has 0 aliphatic heterocycles. The lowest BCUT2D eigenvalue weighted by Crippen LogP contribution is -2.07. The zero-order chi connectivity index (χ0) is 18.6.